The van der Waals surface area contributed by atoms with E-state index in [2.05, 4.69) is 6.92 Å². The molecule has 0 spiro atoms. The fraction of sp³-hybridized carbons (Fsp3) is 0.647. The smallest absolute Gasteiger partial charge is 0.258 e. The molecule has 0 N–H and O–H groups in total. The van der Waals surface area contributed by atoms with Crippen molar-refractivity contribution in [1.82, 2.24) is 0 Å². The summed E-state index contributed by atoms with van der Waals surface area (Å²) in [6.45, 7) is 2.20. The van der Waals surface area contributed by atoms with Gasteiger partial charge in [0.2, 0.25) is 0 Å². The Morgan fingerprint density at radius 1 is 0.870 bits per heavy atom. The lowest BCUT2D eigenvalue weighted by Crippen LogP contribution is -2.06. The van der Waals surface area contributed by atoms with E-state index in [4.69, 9.17) is 0 Å². The Morgan fingerprint density at radius 2 is 1.35 bits per heavy atom. The van der Waals surface area contributed by atoms with Gasteiger partial charge >= 0.3 is 0 Å². The van der Waals surface area contributed by atoms with Gasteiger partial charge in [-0.25, -0.2) is 8.42 Å². The van der Waals surface area contributed by atoms with Gasteiger partial charge in [0, 0.05) is 12.1 Å². The summed E-state index contributed by atoms with van der Waals surface area (Å²) in [5, 5.41) is 10.6. The van der Waals surface area contributed by atoms with Crippen molar-refractivity contribution in [2.75, 3.05) is 5.75 Å². The number of rotatable bonds is 12. The van der Waals surface area contributed by atoms with Gasteiger partial charge in [0.1, 0.15) is 0 Å². The number of unbranched alkanes of at least 4 members (excludes halogenated alkanes) is 8. The van der Waals surface area contributed by atoms with E-state index in [-0.39, 0.29) is 16.3 Å². The van der Waals surface area contributed by atoms with Crippen LogP contribution in [0.15, 0.2) is 29.2 Å². The molecule has 0 aliphatic carbocycles. The standard InChI is InChI=1S/C17H27NO4S/c1-2-3-4-5-6-7-8-9-10-15-23(21,22)17-13-11-16(12-14-17)18(19)20/h11-14H,2-10,15H2,1H3. The van der Waals surface area contributed by atoms with Crippen LogP contribution in [0.5, 0.6) is 0 Å². The van der Waals surface area contributed by atoms with Gasteiger partial charge in [-0.1, -0.05) is 58.3 Å². The topological polar surface area (TPSA) is 77.3 Å². The first kappa shape index (κ1) is 19.6. The van der Waals surface area contributed by atoms with Crippen molar-refractivity contribution in [2.45, 2.75) is 69.6 Å². The Balaban J connectivity index is 2.26. The van der Waals surface area contributed by atoms with Gasteiger partial charge in [0.15, 0.2) is 9.84 Å². The molecule has 0 fully saturated rings. The summed E-state index contributed by atoms with van der Waals surface area (Å²) in [6, 6.07) is 5.12. The predicted molar refractivity (Wildman–Crippen MR) is 92.4 cm³/mol. The molecule has 130 valence electrons. The number of nitro groups is 1. The van der Waals surface area contributed by atoms with Gasteiger partial charge in [0.05, 0.1) is 15.6 Å². The summed E-state index contributed by atoms with van der Waals surface area (Å²) < 4.78 is 24.3. The van der Waals surface area contributed by atoms with Gasteiger partial charge in [0.25, 0.3) is 5.69 Å². The average molecular weight is 341 g/mol. The van der Waals surface area contributed by atoms with Crippen LogP contribution >= 0.6 is 0 Å². The van der Waals surface area contributed by atoms with Crippen LogP contribution in [-0.2, 0) is 9.84 Å². The van der Waals surface area contributed by atoms with Crippen molar-refractivity contribution >= 4 is 15.5 Å². The largest absolute Gasteiger partial charge is 0.269 e. The highest BCUT2D eigenvalue weighted by atomic mass is 32.2. The fourth-order valence-electron chi connectivity index (χ4n) is 2.50. The van der Waals surface area contributed by atoms with Gasteiger partial charge in [-0.15, -0.1) is 0 Å². The van der Waals surface area contributed by atoms with E-state index >= 15 is 0 Å². The van der Waals surface area contributed by atoms with Crippen LogP contribution in [0, 0.1) is 10.1 Å². The van der Waals surface area contributed by atoms with E-state index in [1.807, 2.05) is 0 Å². The van der Waals surface area contributed by atoms with Gasteiger partial charge < -0.3 is 0 Å². The highest BCUT2D eigenvalue weighted by molar-refractivity contribution is 7.91. The van der Waals surface area contributed by atoms with Crippen molar-refractivity contribution in [2.24, 2.45) is 0 Å². The minimum absolute atomic E-state index is 0.0907. The Labute approximate surface area is 139 Å². The Bertz CT molecular complexity index is 567. The first-order chi connectivity index (χ1) is 11.0. The molecule has 0 atom stereocenters. The number of benzene rings is 1. The fourth-order valence-corrected chi connectivity index (χ4v) is 3.87. The SMILES string of the molecule is CCCCCCCCCCCS(=O)(=O)c1ccc([N+](=O)[O-])cc1. The maximum atomic E-state index is 12.2. The number of sulfone groups is 1. The Kier molecular flexibility index (Phi) is 8.84. The summed E-state index contributed by atoms with van der Waals surface area (Å²) >= 11 is 0. The summed E-state index contributed by atoms with van der Waals surface area (Å²) in [4.78, 5) is 10.2. The van der Waals surface area contributed by atoms with Crippen LogP contribution in [0.3, 0.4) is 0 Å². The monoisotopic (exact) mass is 341 g/mol. The normalized spacial score (nSPS) is 11.5. The highest BCUT2D eigenvalue weighted by Crippen LogP contribution is 2.18. The van der Waals surface area contributed by atoms with Gasteiger partial charge in [-0.05, 0) is 18.6 Å². The van der Waals surface area contributed by atoms with E-state index in [1.54, 1.807) is 0 Å². The molecule has 0 bridgehead atoms. The third-order valence-corrected chi connectivity index (χ3v) is 5.74. The third kappa shape index (κ3) is 7.59. The average Bonchev–Trinajstić information content (AvgIpc) is 2.53. The summed E-state index contributed by atoms with van der Waals surface area (Å²) in [6.07, 6.45) is 10.2. The number of nitro benzene ring substituents is 1. The number of hydrogen-bond acceptors (Lipinski definition) is 4. The molecule has 0 saturated heterocycles. The van der Waals surface area contributed by atoms with Crippen LogP contribution in [0.2, 0.25) is 0 Å². The quantitative estimate of drug-likeness (QED) is 0.308. The molecule has 0 saturated carbocycles. The number of nitrogens with zero attached hydrogens (tertiary/aromatic N) is 1. The molecule has 0 aliphatic rings. The summed E-state index contributed by atoms with van der Waals surface area (Å²) in [5.41, 5.74) is -0.0907. The molecule has 0 heterocycles. The molecule has 1 aromatic rings. The Morgan fingerprint density at radius 3 is 1.83 bits per heavy atom. The Hall–Kier alpha value is -1.43. The molecular formula is C17H27NO4S. The van der Waals surface area contributed by atoms with E-state index in [0.29, 0.717) is 6.42 Å². The lowest BCUT2D eigenvalue weighted by Gasteiger charge is -2.05. The molecule has 5 nitrogen and oxygen atoms in total. The maximum Gasteiger partial charge on any atom is 0.269 e. The van der Waals surface area contributed by atoms with Crippen molar-refractivity contribution in [1.29, 1.82) is 0 Å². The summed E-state index contributed by atoms with van der Waals surface area (Å²) in [7, 11) is -3.33. The van der Waals surface area contributed by atoms with Crippen LogP contribution < -0.4 is 0 Å². The third-order valence-electron chi connectivity index (χ3n) is 3.92. The molecule has 0 unspecified atom stereocenters. The second-order valence-corrected chi connectivity index (χ2v) is 8.01. The number of non-ortho nitro benzene ring substituents is 1. The van der Waals surface area contributed by atoms with Crippen LogP contribution in [0.1, 0.15) is 64.7 Å². The molecule has 0 amide bonds. The molecule has 23 heavy (non-hydrogen) atoms. The molecule has 1 aromatic carbocycles. The van der Waals surface area contributed by atoms with Crippen LogP contribution in [-0.4, -0.2) is 19.1 Å². The first-order valence-electron chi connectivity index (χ1n) is 8.44. The van der Waals surface area contributed by atoms with Crippen molar-refractivity contribution < 1.29 is 13.3 Å². The predicted octanol–water partition coefficient (Wildman–Crippen LogP) is 4.90. The van der Waals surface area contributed by atoms with Crippen LogP contribution in [0.25, 0.3) is 0 Å². The van der Waals surface area contributed by atoms with E-state index in [9.17, 15) is 18.5 Å². The van der Waals surface area contributed by atoms with Crippen molar-refractivity contribution in [3.8, 4) is 0 Å². The van der Waals surface area contributed by atoms with Crippen molar-refractivity contribution in [3.63, 3.8) is 0 Å². The van der Waals surface area contributed by atoms with Gasteiger partial charge in [-0.3, -0.25) is 10.1 Å². The van der Waals surface area contributed by atoms with Crippen LogP contribution in [0.4, 0.5) is 5.69 Å². The molecule has 0 aliphatic heterocycles. The molecule has 1 rings (SSSR count). The minimum atomic E-state index is -3.33. The van der Waals surface area contributed by atoms with E-state index in [0.717, 1.165) is 12.8 Å². The lowest BCUT2D eigenvalue weighted by molar-refractivity contribution is -0.384. The van der Waals surface area contributed by atoms with E-state index < -0.39 is 14.8 Å². The zero-order chi connectivity index (χ0) is 17.1. The molecule has 0 aromatic heterocycles. The van der Waals surface area contributed by atoms with E-state index in [1.165, 1.54) is 62.8 Å². The first-order valence-corrected chi connectivity index (χ1v) is 10.1. The molecule has 6 heteroatoms. The maximum absolute atomic E-state index is 12.2. The molecular weight excluding hydrogens is 314 g/mol. The second kappa shape index (κ2) is 10.4. The lowest BCUT2D eigenvalue weighted by atomic mass is 10.1. The van der Waals surface area contributed by atoms with Gasteiger partial charge in [-0.2, -0.15) is 0 Å². The zero-order valence-electron chi connectivity index (χ0n) is 13.9. The van der Waals surface area contributed by atoms with Crippen molar-refractivity contribution in [3.05, 3.63) is 34.4 Å². The highest BCUT2D eigenvalue weighted by Gasteiger charge is 2.15. The zero-order valence-corrected chi connectivity index (χ0v) is 14.7. The summed E-state index contributed by atoms with van der Waals surface area (Å²) in [5.74, 6) is 0.112. The number of hydrogen-bond donors (Lipinski definition) is 0. The minimum Gasteiger partial charge on any atom is -0.258 e. The second-order valence-electron chi connectivity index (χ2n) is 5.90. The molecule has 0 radical (unpaired) electrons.